The molecule has 0 aromatic carbocycles. The van der Waals surface area contributed by atoms with Gasteiger partial charge in [-0.25, -0.2) is 9.98 Å². The molecule has 7 heteroatoms. The van der Waals surface area contributed by atoms with Gasteiger partial charge in [0.1, 0.15) is 5.76 Å². The van der Waals surface area contributed by atoms with Gasteiger partial charge in [0.05, 0.1) is 25.0 Å². The third-order valence-electron chi connectivity index (χ3n) is 3.17. The number of hydrogen-bond acceptors (Lipinski definition) is 4. The van der Waals surface area contributed by atoms with Crippen LogP contribution in [0.5, 0.6) is 0 Å². The standard InChI is InChI=1S/C17H25N5O.HI/c1-5-18-16(21-10-13-8-6-7-9-19-13)22-12-15-20-11-14(23-15)17(2,3)4;/h6-9,11H,5,10,12H2,1-4H3,(H2,18,21,22);1H. The Bertz CT molecular complexity index is 634. The average Bonchev–Trinajstić information content (AvgIpc) is 3.00. The second-order valence-electron chi connectivity index (χ2n) is 6.24. The number of oxazole rings is 1. The van der Waals surface area contributed by atoms with E-state index in [4.69, 9.17) is 4.42 Å². The van der Waals surface area contributed by atoms with Gasteiger partial charge in [0.25, 0.3) is 0 Å². The lowest BCUT2D eigenvalue weighted by molar-refractivity contribution is 0.379. The minimum atomic E-state index is -0.0389. The Morgan fingerprint density at radius 1 is 1.21 bits per heavy atom. The molecule has 0 aliphatic heterocycles. The maximum absolute atomic E-state index is 5.77. The van der Waals surface area contributed by atoms with E-state index in [0.717, 1.165) is 18.0 Å². The topological polar surface area (TPSA) is 75.3 Å². The summed E-state index contributed by atoms with van der Waals surface area (Å²) in [6.07, 6.45) is 3.56. The van der Waals surface area contributed by atoms with Crippen molar-refractivity contribution >= 4 is 29.9 Å². The molecule has 0 aliphatic rings. The second kappa shape index (κ2) is 9.61. The highest BCUT2D eigenvalue weighted by atomic mass is 127. The van der Waals surface area contributed by atoms with Crippen LogP contribution in [0.25, 0.3) is 0 Å². The van der Waals surface area contributed by atoms with Gasteiger partial charge in [-0.15, -0.1) is 24.0 Å². The number of aromatic nitrogens is 2. The van der Waals surface area contributed by atoms with E-state index >= 15 is 0 Å². The van der Waals surface area contributed by atoms with Gasteiger partial charge in [-0.1, -0.05) is 26.8 Å². The molecule has 2 aromatic heterocycles. The molecule has 0 unspecified atom stereocenters. The average molecular weight is 443 g/mol. The number of rotatable bonds is 5. The molecule has 2 N–H and O–H groups in total. The molecule has 0 spiro atoms. The summed E-state index contributed by atoms with van der Waals surface area (Å²) in [6, 6.07) is 5.81. The van der Waals surface area contributed by atoms with E-state index in [2.05, 4.69) is 46.4 Å². The van der Waals surface area contributed by atoms with Crippen molar-refractivity contribution in [1.29, 1.82) is 0 Å². The molecule has 0 radical (unpaired) electrons. The maximum Gasteiger partial charge on any atom is 0.213 e. The summed E-state index contributed by atoms with van der Waals surface area (Å²) in [7, 11) is 0. The minimum absolute atomic E-state index is 0. The third kappa shape index (κ3) is 6.46. The fourth-order valence-electron chi connectivity index (χ4n) is 1.89. The van der Waals surface area contributed by atoms with Crippen LogP contribution in [-0.4, -0.2) is 22.5 Å². The van der Waals surface area contributed by atoms with Gasteiger partial charge in [0.15, 0.2) is 5.96 Å². The zero-order valence-electron chi connectivity index (χ0n) is 14.7. The number of halogens is 1. The molecule has 0 saturated heterocycles. The molecule has 2 heterocycles. The van der Waals surface area contributed by atoms with Gasteiger partial charge in [-0.3, -0.25) is 4.98 Å². The predicted octanol–water partition coefficient (Wildman–Crippen LogP) is 3.24. The van der Waals surface area contributed by atoms with Crippen LogP contribution < -0.4 is 10.6 Å². The van der Waals surface area contributed by atoms with E-state index in [0.29, 0.717) is 24.9 Å². The molecule has 132 valence electrons. The molecule has 6 nitrogen and oxygen atoms in total. The Labute approximate surface area is 160 Å². The highest BCUT2D eigenvalue weighted by Gasteiger charge is 2.19. The second-order valence-corrected chi connectivity index (χ2v) is 6.24. The first kappa shape index (κ1) is 20.4. The lowest BCUT2D eigenvalue weighted by Gasteiger charge is -2.13. The van der Waals surface area contributed by atoms with Crippen molar-refractivity contribution < 1.29 is 4.42 Å². The Morgan fingerprint density at radius 2 is 2.00 bits per heavy atom. The zero-order chi connectivity index (χ0) is 16.7. The smallest absolute Gasteiger partial charge is 0.213 e. The molecular weight excluding hydrogens is 417 g/mol. The lowest BCUT2D eigenvalue weighted by atomic mass is 9.94. The quantitative estimate of drug-likeness (QED) is 0.422. The SMILES string of the molecule is CCNC(=NCc1ccccn1)NCc1ncc(C(C)(C)C)o1.I. The molecular formula is C17H26IN5O. The van der Waals surface area contributed by atoms with Crippen LogP contribution in [0.3, 0.4) is 0 Å². The van der Waals surface area contributed by atoms with Crippen LogP contribution in [0.2, 0.25) is 0 Å². The van der Waals surface area contributed by atoms with E-state index in [1.54, 1.807) is 12.4 Å². The number of nitrogens with one attached hydrogen (secondary N) is 2. The number of aliphatic imine (C=N–C) groups is 1. The van der Waals surface area contributed by atoms with E-state index < -0.39 is 0 Å². The first-order valence-electron chi connectivity index (χ1n) is 7.86. The van der Waals surface area contributed by atoms with E-state index in [1.807, 2.05) is 25.1 Å². The van der Waals surface area contributed by atoms with Gasteiger partial charge < -0.3 is 15.1 Å². The van der Waals surface area contributed by atoms with Crippen molar-refractivity contribution in [2.75, 3.05) is 6.54 Å². The Morgan fingerprint density at radius 3 is 2.58 bits per heavy atom. The minimum Gasteiger partial charge on any atom is -0.443 e. The van der Waals surface area contributed by atoms with Crippen LogP contribution in [0.1, 0.15) is 45.0 Å². The van der Waals surface area contributed by atoms with Gasteiger partial charge in [0, 0.05) is 18.2 Å². The molecule has 0 fully saturated rings. The zero-order valence-corrected chi connectivity index (χ0v) is 17.0. The first-order valence-corrected chi connectivity index (χ1v) is 7.86. The Balaban J connectivity index is 0.00000288. The molecule has 0 bridgehead atoms. The molecule has 0 saturated carbocycles. The van der Waals surface area contributed by atoms with Crippen LogP contribution in [-0.2, 0) is 18.5 Å². The van der Waals surface area contributed by atoms with Crippen LogP contribution >= 0.6 is 24.0 Å². The van der Waals surface area contributed by atoms with Crippen molar-refractivity contribution in [2.24, 2.45) is 4.99 Å². The summed E-state index contributed by atoms with van der Waals surface area (Å²) in [6.45, 7) is 10.1. The first-order chi connectivity index (χ1) is 11.0. The lowest BCUT2D eigenvalue weighted by Crippen LogP contribution is -2.36. The highest BCUT2D eigenvalue weighted by Crippen LogP contribution is 2.22. The van der Waals surface area contributed by atoms with Gasteiger partial charge in [-0.05, 0) is 19.1 Å². The van der Waals surface area contributed by atoms with Crippen molar-refractivity contribution in [3.05, 3.63) is 47.9 Å². The summed E-state index contributed by atoms with van der Waals surface area (Å²) in [5.41, 5.74) is 0.888. The van der Waals surface area contributed by atoms with Crippen molar-refractivity contribution in [1.82, 2.24) is 20.6 Å². The Hall–Kier alpha value is -1.64. The summed E-state index contributed by atoms with van der Waals surface area (Å²) in [5.74, 6) is 2.25. The number of nitrogens with zero attached hydrogens (tertiary/aromatic N) is 3. The van der Waals surface area contributed by atoms with Gasteiger partial charge in [-0.2, -0.15) is 0 Å². The van der Waals surface area contributed by atoms with Crippen molar-refractivity contribution in [2.45, 2.75) is 46.2 Å². The van der Waals surface area contributed by atoms with Crippen LogP contribution in [0.15, 0.2) is 40.0 Å². The summed E-state index contributed by atoms with van der Waals surface area (Å²) < 4.78 is 5.77. The van der Waals surface area contributed by atoms with E-state index in [-0.39, 0.29) is 29.4 Å². The summed E-state index contributed by atoms with van der Waals surface area (Å²) in [4.78, 5) is 13.1. The highest BCUT2D eigenvalue weighted by molar-refractivity contribution is 14.0. The largest absolute Gasteiger partial charge is 0.443 e. The molecule has 2 rings (SSSR count). The van der Waals surface area contributed by atoms with Crippen LogP contribution in [0.4, 0.5) is 0 Å². The normalized spacial score (nSPS) is 11.8. The third-order valence-corrected chi connectivity index (χ3v) is 3.17. The molecule has 0 aliphatic carbocycles. The monoisotopic (exact) mass is 443 g/mol. The summed E-state index contributed by atoms with van der Waals surface area (Å²) in [5, 5.41) is 6.43. The van der Waals surface area contributed by atoms with E-state index in [9.17, 15) is 0 Å². The fraction of sp³-hybridized carbons (Fsp3) is 0.471. The predicted molar refractivity (Wildman–Crippen MR) is 107 cm³/mol. The number of hydrogen-bond donors (Lipinski definition) is 2. The molecule has 2 aromatic rings. The van der Waals surface area contributed by atoms with Crippen LogP contribution in [0, 0.1) is 0 Å². The summed E-state index contributed by atoms with van der Waals surface area (Å²) >= 11 is 0. The number of pyridine rings is 1. The molecule has 24 heavy (non-hydrogen) atoms. The van der Waals surface area contributed by atoms with Gasteiger partial charge in [0.2, 0.25) is 5.89 Å². The van der Waals surface area contributed by atoms with Gasteiger partial charge >= 0.3 is 0 Å². The van der Waals surface area contributed by atoms with E-state index in [1.165, 1.54) is 0 Å². The maximum atomic E-state index is 5.77. The molecule has 0 amide bonds. The Kier molecular flexibility index (Phi) is 8.17. The van der Waals surface area contributed by atoms with Crippen molar-refractivity contribution in [3.8, 4) is 0 Å². The fourth-order valence-corrected chi connectivity index (χ4v) is 1.89. The molecule has 0 atom stereocenters. The number of guanidine groups is 1. The van der Waals surface area contributed by atoms with Crippen molar-refractivity contribution in [3.63, 3.8) is 0 Å².